The van der Waals surface area contributed by atoms with Gasteiger partial charge in [0, 0.05) is 23.1 Å². The van der Waals surface area contributed by atoms with E-state index in [-0.39, 0.29) is 5.91 Å². The Hall–Kier alpha value is -0.830. The van der Waals surface area contributed by atoms with Gasteiger partial charge < -0.3 is 4.90 Å². The smallest absolute Gasteiger partial charge is 0.253 e. The first kappa shape index (κ1) is 18.2. The summed E-state index contributed by atoms with van der Waals surface area (Å²) >= 11 is 3.52. The molecule has 0 bridgehead atoms. The van der Waals surface area contributed by atoms with Crippen molar-refractivity contribution in [3.63, 3.8) is 0 Å². The highest BCUT2D eigenvalue weighted by Gasteiger charge is 2.17. The highest BCUT2D eigenvalue weighted by Crippen LogP contribution is 2.19. The van der Waals surface area contributed by atoms with Crippen LogP contribution in [0.5, 0.6) is 0 Å². The Kier molecular flexibility index (Phi) is 7.44. The summed E-state index contributed by atoms with van der Waals surface area (Å²) in [6, 6.07) is 5.87. The minimum absolute atomic E-state index is 0.150. The zero-order valence-corrected chi connectivity index (χ0v) is 15.5. The topological polar surface area (TPSA) is 20.3 Å². The number of hydrogen-bond acceptors (Lipinski definition) is 1. The molecule has 0 aliphatic carbocycles. The van der Waals surface area contributed by atoms with Gasteiger partial charge in [-0.3, -0.25) is 4.79 Å². The van der Waals surface area contributed by atoms with Gasteiger partial charge in [0.05, 0.1) is 0 Å². The molecule has 0 unspecified atom stereocenters. The van der Waals surface area contributed by atoms with Crippen LogP contribution in [0.3, 0.4) is 0 Å². The molecule has 0 saturated carbocycles. The maximum Gasteiger partial charge on any atom is 0.253 e. The lowest BCUT2D eigenvalue weighted by Gasteiger charge is -2.25. The summed E-state index contributed by atoms with van der Waals surface area (Å²) in [6.07, 6.45) is 2.10. The third-order valence-corrected chi connectivity index (χ3v) is 4.51. The molecule has 1 aromatic carbocycles. The van der Waals surface area contributed by atoms with Crippen LogP contribution in [-0.2, 0) is 0 Å². The number of amides is 1. The molecule has 0 atom stereocenters. The van der Waals surface area contributed by atoms with Crippen LogP contribution in [0.25, 0.3) is 0 Å². The lowest BCUT2D eigenvalue weighted by atomic mass is 10.1. The molecule has 0 aromatic heterocycles. The molecular weight excluding hydrogens is 326 g/mol. The van der Waals surface area contributed by atoms with Crippen molar-refractivity contribution in [2.75, 3.05) is 13.1 Å². The minimum Gasteiger partial charge on any atom is -0.339 e. The van der Waals surface area contributed by atoms with Crippen LogP contribution in [0.4, 0.5) is 0 Å². The van der Waals surface area contributed by atoms with Crippen LogP contribution in [0.15, 0.2) is 22.7 Å². The number of benzene rings is 1. The van der Waals surface area contributed by atoms with E-state index in [1.807, 2.05) is 30.0 Å². The molecule has 0 aliphatic rings. The van der Waals surface area contributed by atoms with Gasteiger partial charge in [0.25, 0.3) is 5.91 Å². The molecular formula is C18H28BrNO. The van der Waals surface area contributed by atoms with Crippen molar-refractivity contribution in [3.05, 3.63) is 33.8 Å². The molecule has 1 amide bonds. The Morgan fingerprint density at radius 3 is 2.05 bits per heavy atom. The van der Waals surface area contributed by atoms with Crippen molar-refractivity contribution in [1.82, 2.24) is 4.90 Å². The van der Waals surface area contributed by atoms with E-state index < -0.39 is 0 Å². The normalized spacial score (nSPS) is 11.2. The number of carbonyl (C=O) groups excluding carboxylic acids is 1. The number of nitrogens with zero attached hydrogens (tertiary/aromatic N) is 1. The van der Waals surface area contributed by atoms with E-state index >= 15 is 0 Å². The van der Waals surface area contributed by atoms with E-state index in [2.05, 4.69) is 43.6 Å². The van der Waals surface area contributed by atoms with E-state index in [4.69, 9.17) is 0 Å². The van der Waals surface area contributed by atoms with Gasteiger partial charge >= 0.3 is 0 Å². The Morgan fingerprint density at radius 2 is 1.62 bits per heavy atom. The second-order valence-electron chi connectivity index (χ2n) is 6.62. The molecule has 0 radical (unpaired) electrons. The molecule has 0 saturated heterocycles. The molecule has 0 spiro atoms. The molecule has 2 nitrogen and oxygen atoms in total. The number of carbonyl (C=O) groups is 1. The molecule has 0 N–H and O–H groups in total. The van der Waals surface area contributed by atoms with E-state index in [1.54, 1.807) is 0 Å². The van der Waals surface area contributed by atoms with E-state index in [9.17, 15) is 4.79 Å². The SMILES string of the molecule is Cc1ccc(C(=O)N(CCC(C)C)CCC(C)C)cc1Br. The molecule has 0 heterocycles. The Labute approximate surface area is 138 Å². The van der Waals surface area contributed by atoms with Gasteiger partial charge in [0.1, 0.15) is 0 Å². The number of hydrogen-bond donors (Lipinski definition) is 0. The summed E-state index contributed by atoms with van der Waals surface area (Å²) in [5.74, 6) is 1.38. The summed E-state index contributed by atoms with van der Waals surface area (Å²) in [7, 11) is 0. The molecule has 118 valence electrons. The second-order valence-corrected chi connectivity index (χ2v) is 7.48. The highest BCUT2D eigenvalue weighted by molar-refractivity contribution is 9.10. The Morgan fingerprint density at radius 1 is 1.10 bits per heavy atom. The van der Waals surface area contributed by atoms with Crippen molar-refractivity contribution >= 4 is 21.8 Å². The highest BCUT2D eigenvalue weighted by atomic mass is 79.9. The van der Waals surface area contributed by atoms with E-state index in [0.717, 1.165) is 41.5 Å². The first-order chi connectivity index (χ1) is 9.81. The fourth-order valence-electron chi connectivity index (χ4n) is 2.05. The molecule has 21 heavy (non-hydrogen) atoms. The predicted molar refractivity (Wildman–Crippen MR) is 93.7 cm³/mol. The third kappa shape index (κ3) is 6.21. The average Bonchev–Trinajstić information content (AvgIpc) is 2.40. The molecule has 3 heteroatoms. The molecule has 0 fully saturated rings. The van der Waals surface area contributed by atoms with Gasteiger partial charge in [0.15, 0.2) is 0 Å². The average molecular weight is 354 g/mol. The predicted octanol–water partition coefficient (Wildman–Crippen LogP) is 5.29. The monoisotopic (exact) mass is 353 g/mol. The van der Waals surface area contributed by atoms with Crippen LogP contribution in [0, 0.1) is 18.8 Å². The molecule has 0 aliphatic heterocycles. The van der Waals surface area contributed by atoms with Crippen molar-refractivity contribution in [3.8, 4) is 0 Å². The number of rotatable bonds is 7. The van der Waals surface area contributed by atoms with Gasteiger partial charge in [-0.1, -0.05) is 49.7 Å². The van der Waals surface area contributed by atoms with Crippen LogP contribution >= 0.6 is 15.9 Å². The molecule has 1 rings (SSSR count). The van der Waals surface area contributed by atoms with Crippen molar-refractivity contribution in [2.24, 2.45) is 11.8 Å². The standard InChI is InChI=1S/C18H28BrNO/c1-13(2)8-10-20(11-9-14(3)4)18(21)16-7-6-15(5)17(19)12-16/h6-7,12-14H,8-11H2,1-5H3. The van der Waals surface area contributed by atoms with Gasteiger partial charge in [-0.2, -0.15) is 0 Å². The lowest BCUT2D eigenvalue weighted by molar-refractivity contribution is 0.0741. The lowest BCUT2D eigenvalue weighted by Crippen LogP contribution is -2.34. The summed E-state index contributed by atoms with van der Waals surface area (Å²) in [5, 5.41) is 0. The van der Waals surface area contributed by atoms with E-state index in [0.29, 0.717) is 11.8 Å². The quantitative estimate of drug-likeness (QED) is 0.651. The van der Waals surface area contributed by atoms with Crippen molar-refractivity contribution in [2.45, 2.75) is 47.5 Å². The van der Waals surface area contributed by atoms with Crippen molar-refractivity contribution < 1.29 is 4.79 Å². The fourth-order valence-corrected chi connectivity index (χ4v) is 2.43. The second kappa shape index (κ2) is 8.57. The summed E-state index contributed by atoms with van der Waals surface area (Å²) < 4.78 is 1.00. The van der Waals surface area contributed by atoms with Crippen LogP contribution in [0.1, 0.15) is 56.5 Å². The number of halogens is 1. The van der Waals surface area contributed by atoms with Crippen molar-refractivity contribution in [1.29, 1.82) is 0 Å². The first-order valence-corrected chi connectivity index (χ1v) is 8.66. The summed E-state index contributed by atoms with van der Waals surface area (Å²) in [4.78, 5) is 14.7. The summed E-state index contributed by atoms with van der Waals surface area (Å²) in [6.45, 7) is 12.5. The zero-order valence-electron chi connectivity index (χ0n) is 13.9. The minimum atomic E-state index is 0.150. The third-order valence-electron chi connectivity index (χ3n) is 3.66. The fraction of sp³-hybridized carbons (Fsp3) is 0.611. The first-order valence-electron chi connectivity index (χ1n) is 7.86. The van der Waals surface area contributed by atoms with E-state index in [1.165, 1.54) is 0 Å². The Balaban J connectivity index is 2.83. The van der Waals surface area contributed by atoms with Gasteiger partial charge in [-0.25, -0.2) is 0 Å². The van der Waals surface area contributed by atoms with Gasteiger partial charge in [-0.15, -0.1) is 0 Å². The maximum absolute atomic E-state index is 12.7. The van der Waals surface area contributed by atoms with Crippen LogP contribution < -0.4 is 0 Å². The zero-order chi connectivity index (χ0) is 16.0. The van der Waals surface area contributed by atoms with Crippen LogP contribution in [-0.4, -0.2) is 23.9 Å². The summed E-state index contributed by atoms with van der Waals surface area (Å²) in [5.41, 5.74) is 1.93. The largest absolute Gasteiger partial charge is 0.339 e. The van der Waals surface area contributed by atoms with Gasteiger partial charge in [-0.05, 0) is 49.3 Å². The van der Waals surface area contributed by atoms with Crippen LogP contribution in [0.2, 0.25) is 0 Å². The molecule has 1 aromatic rings. The Bertz CT molecular complexity index is 456. The maximum atomic E-state index is 12.7. The van der Waals surface area contributed by atoms with Gasteiger partial charge in [0.2, 0.25) is 0 Å². The number of aryl methyl sites for hydroxylation is 1.